The van der Waals surface area contributed by atoms with E-state index in [0.29, 0.717) is 17.9 Å². The summed E-state index contributed by atoms with van der Waals surface area (Å²) < 4.78 is 17.7. The average molecular weight is 283 g/mol. The lowest BCUT2D eigenvalue weighted by Crippen LogP contribution is -2.16. The minimum absolute atomic E-state index is 0.187. The number of nitrogens with two attached hydrogens (primary N) is 1. The Labute approximate surface area is 114 Å². The molecule has 2 N–H and O–H groups in total. The number of anilines is 2. The fraction of sp³-hybridized carbons (Fsp3) is 0.250. The van der Waals surface area contributed by atoms with Crippen molar-refractivity contribution in [1.82, 2.24) is 4.37 Å². The van der Waals surface area contributed by atoms with Crippen molar-refractivity contribution in [2.75, 3.05) is 23.9 Å². The van der Waals surface area contributed by atoms with Gasteiger partial charge in [0.25, 0.3) is 0 Å². The van der Waals surface area contributed by atoms with Crippen LogP contribution in [0.1, 0.15) is 5.56 Å². The van der Waals surface area contributed by atoms with Crippen LogP contribution >= 0.6 is 23.3 Å². The SMILES string of the molecule is CSc1c(N)nsc1N(C)Cc1ccccc1F. The van der Waals surface area contributed by atoms with Crippen LogP contribution in [0.3, 0.4) is 0 Å². The first-order valence-corrected chi connectivity index (χ1v) is 7.37. The van der Waals surface area contributed by atoms with Crippen LogP contribution in [-0.2, 0) is 6.54 Å². The molecular formula is C12H14FN3S2. The first-order chi connectivity index (χ1) is 8.63. The summed E-state index contributed by atoms with van der Waals surface area (Å²) in [5.74, 6) is 0.357. The summed E-state index contributed by atoms with van der Waals surface area (Å²) in [6, 6.07) is 6.79. The van der Waals surface area contributed by atoms with Gasteiger partial charge in [0.15, 0.2) is 5.82 Å². The Bertz CT molecular complexity index is 542. The van der Waals surface area contributed by atoms with Crippen molar-refractivity contribution in [3.63, 3.8) is 0 Å². The van der Waals surface area contributed by atoms with E-state index < -0.39 is 0 Å². The molecule has 18 heavy (non-hydrogen) atoms. The summed E-state index contributed by atoms with van der Waals surface area (Å²) in [5, 5.41) is 0.975. The number of aromatic nitrogens is 1. The number of benzene rings is 1. The second-order valence-corrected chi connectivity index (χ2v) is 5.42. The number of nitrogen functional groups attached to an aromatic ring is 1. The normalized spacial score (nSPS) is 10.6. The van der Waals surface area contributed by atoms with Crippen LogP contribution in [0.4, 0.5) is 15.2 Å². The van der Waals surface area contributed by atoms with E-state index in [4.69, 9.17) is 5.73 Å². The van der Waals surface area contributed by atoms with Crippen LogP contribution < -0.4 is 10.6 Å². The van der Waals surface area contributed by atoms with E-state index in [1.54, 1.807) is 23.9 Å². The van der Waals surface area contributed by atoms with Crippen LogP contribution in [0.15, 0.2) is 29.2 Å². The van der Waals surface area contributed by atoms with Gasteiger partial charge in [-0.15, -0.1) is 11.8 Å². The first kappa shape index (κ1) is 13.2. The highest BCUT2D eigenvalue weighted by atomic mass is 32.2. The molecule has 0 spiro atoms. The highest BCUT2D eigenvalue weighted by molar-refractivity contribution is 7.99. The average Bonchev–Trinajstić information content (AvgIpc) is 2.73. The van der Waals surface area contributed by atoms with E-state index in [2.05, 4.69) is 4.37 Å². The number of rotatable bonds is 4. The zero-order valence-electron chi connectivity index (χ0n) is 10.2. The fourth-order valence-electron chi connectivity index (χ4n) is 1.67. The minimum atomic E-state index is -0.187. The van der Waals surface area contributed by atoms with E-state index in [0.717, 1.165) is 9.90 Å². The lowest BCUT2D eigenvalue weighted by atomic mass is 10.2. The predicted octanol–water partition coefficient (Wildman–Crippen LogP) is 3.22. The van der Waals surface area contributed by atoms with Crippen LogP contribution in [0, 0.1) is 5.82 Å². The molecule has 96 valence electrons. The van der Waals surface area contributed by atoms with Gasteiger partial charge in [0.1, 0.15) is 10.8 Å². The second-order valence-electron chi connectivity index (χ2n) is 3.85. The van der Waals surface area contributed by atoms with Crippen molar-refractivity contribution in [3.05, 3.63) is 35.6 Å². The Morgan fingerprint density at radius 3 is 2.83 bits per heavy atom. The van der Waals surface area contributed by atoms with Gasteiger partial charge in [-0.05, 0) is 23.9 Å². The molecule has 0 amide bonds. The number of nitrogens with zero attached hydrogens (tertiary/aromatic N) is 2. The summed E-state index contributed by atoms with van der Waals surface area (Å²) in [6.45, 7) is 0.502. The van der Waals surface area contributed by atoms with Gasteiger partial charge >= 0.3 is 0 Å². The van der Waals surface area contributed by atoms with E-state index in [-0.39, 0.29) is 5.82 Å². The summed E-state index contributed by atoms with van der Waals surface area (Å²) in [7, 11) is 1.92. The molecular weight excluding hydrogens is 269 g/mol. The van der Waals surface area contributed by atoms with E-state index in [1.165, 1.54) is 17.6 Å². The molecule has 2 aromatic rings. The zero-order chi connectivity index (χ0) is 13.1. The predicted molar refractivity (Wildman–Crippen MR) is 76.8 cm³/mol. The molecule has 3 nitrogen and oxygen atoms in total. The van der Waals surface area contributed by atoms with Gasteiger partial charge in [0.05, 0.1) is 4.90 Å². The molecule has 0 saturated carbocycles. The lowest BCUT2D eigenvalue weighted by molar-refractivity contribution is 0.608. The molecule has 0 unspecified atom stereocenters. The monoisotopic (exact) mass is 283 g/mol. The van der Waals surface area contributed by atoms with Gasteiger partial charge < -0.3 is 10.6 Å². The molecule has 0 aliphatic carbocycles. The maximum absolute atomic E-state index is 13.6. The van der Waals surface area contributed by atoms with Crippen molar-refractivity contribution in [2.24, 2.45) is 0 Å². The zero-order valence-corrected chi connectivity index (χ0v) is 11.8. The van der Waals surface area contributed by atoms with Crippen molar-refractivity contribution < 1.29 is 4.39 Å². The third kappa shape index (κ3) is 2.59. The number of hydrogen-bond donors (Lipinski definition) is 1. The van der Waals surface area contributed by atoms with Crippen molar-refractivity contribution in [2.45, 2.75) is 11.4 Å². The molecule has 1 heterocycles. The van der Waals surface area contributed by atoms with Crippen LogP contribution in [0.5, 0.6) is 0 Å². The molecule has 6 heteroatoms. The van der Waals surface area contributed by atoms with Crippen LogP contribution in [0.2, 0.25) is 0 Å². The van der Waals surface area contributed by atoms with Gasteiger partial charge in [0.2, 0.25) is 0 Å². The topological polar surface area (TPSA) is 42.1 Å². The lowest BCUT2D eigenvalue weighted by Gasteiger charge is -2.18. The Morgan fingerprint density at radius 2 is 2.17 bits per heavy atom. The third-order valence-corrected chi connectivity index (χ3v) is 4.49. The summed E-state index contributed by atoms with van der Waals surface area (Å²) in [4.78, 5) is 2.93. The highest BCUT2D eigenvalue weighted by Gasteiger charge is 2.15. The maximum atomic E-state index is 13.6. The largest absolute Gasteiger partial charge is 0.382 e. The van der Waals surface area contributed by atoms with E-state index in [9.17, 15) is 4.39 Å². The molecule has 0 fully saturated rings. The number of hydrogen-bond acceptors (Lipinski definition) is 5. The standard InChI is InChI=1S/C12H14FN3S2/c1-16(7-8-5-3-4-6-9(8)13)12-10(17-2)11(14)15-18-12/h3-6H,7H2,1-2H3,(H2,14,15). The minimum Gasteiger partial charge on any atom is -0.382 e. The van der Waals surface area contributed by atoms with E-state index in [1.807, 2.05) is 24.3 Å². The van der Waals surface area contributed by atoms with E-state index >= 15 is 0 Å². The molecule has 0 aliphatic heterocycles. The molecule has 2 rings (SSSR count). The quantitative estimate of drug-likeness (QED) is 0.875. The molecule has 0 atom stereocenters. The van der Waals surface area contributed by atoms with Gasteiger partial charge in [-0.1, -0.05) is 18.2 Å². The smallest absolute Gasteiger partial charge is 0.153 e. The van der Waals surface area contributed by atoms with Gasteiger partial charge in [-0.25, -0.2) is 4.39 Å². The van der Waals surface area contributed by atoms with Gasteiger partial charge in [-0.2, -0.15) is 4.37 Å². The Morgan fingerprint density at radius 1 is 1.44 bits per heavy atom. The van der Waals surface area contributed by atoms with Crippen molar-refractivity contribution >= 4 is 34.1 Å². The molecule has 0 bridgehead atoms. The van der Waals surface area contributed by atoms with Gasteiger partial charge in [-0.3, -0.25) is 0 Å². The molecule has 0 saturated heterocycles. The molecule has 0 radical (unpaired) electrons. The van der Waals surface area contributed by atoms with Crippen LogP contribution in [-0.4, -0.2) is 17.7 Å². The van der Waals surface area contributed by atoms with Crippen LogP contribution in [0.25, 0.3) is 0 Å². The Hall–Kier alpha value is -1.27. The number of halogens is 1. The number of thioether (sulfide) groups is 1. The molecule has 1 aromatic carbocycles. The first-order valence-electron chi connectivity index (χ1n) is 5.37. The van der Waals surface area contributed by atoms with Crippen molar-refractivity contribution in [3.8, 4) is 0 Å². The van der Waals surface area contributed by atoms with Crippen molar-refractivity contribution in [1.29, 1.82) is 0 Å². The molecule has 0 aliphatic rings. The third-order valence-electron chi connectivity index (χ3n) is 2.57. The van der Waals surface area contributed by atoms with Gasteiger partial charge in [0, 0.05) is 19.2 Å². The molecule has 1 aromatic heterocycles. The summed E-state index contributed by atoms with van der Waals surface area (Å²) in [5.41, 5.74) is 6.46. The summed E-state index contributed by atoms with van der Waals surface area (Å²) >= 11 is 2.90. The second kappa shape index (κ2) is 5.58. The highest BCUT2D eigenvalue weighted by Crippen LogP contribution is 2.37. The Kier molecular flexibility index (Phi) is 4.08. The maximum Gasteiger partial charge on any atom is 0.153 e. The Balaban J connectivity index is 2.22. The summed E-state index contributed by atoms with van der Waals surface area (Å²) in [6.07, 6.45) is 1.96. The fourth-order valence-corrected chi connectivity index (χ4v) is 3.35.